The lowest BCUT2D eigenvalue weighted by Crippen LogP contribution is -2.15. The van der Waals surface area contributed by atoms with Crippen molar-refractivity contribution >= 4 is 11.6 Å². The summed E-state index contributed by atoms with van der Waals surface area (Å²) in [5, 5.41) is 0.577. The van der Waals surface area contributed by atoms with Crippen LogP contribution < -0.4 is 5.73 Å². The second-order valence-electron chi connectivity index (χ2n) is 4.28. The third-order valence-corrected chi connectivity index (χ3v) is 3.10. The zero-order valence-electron chi connectivity index (χ0n) is 10.0. The molecule has 4 heteroatoms. The smallest absolute Gasteiger partial charge is 0.123 e. The maximum atomic E-state index is 13.2. The van der Waals surface area contributed by atoms with E-state index in [9.17, 15) is 4.39 Å². The highest BCUT2D eigenvalue weighted by Crippen LogP contribution is 2.19. The topological polar surface area (TPSA) is 38.9 Å². The van der Waals surface area contributed by atoms with Gasteiger partial charge in [-0.25, -0.2) is 4.39 Å². The number of nitrogens with zero attached hydrogens (tertiary/aromatic N) is 1. The van der Waals surface area contributed by atoms with E-state index in [1.54, 1.807) is 24.4 Å². The van der Waals surface area contributed by atoms with Crippen LogP contribution in [0.1, 0.15) is 22.9 Å². The third-order valence-electron chi connectivity index (χ3n) is 2.88. The van der Waals surface area contributed by atoms with Gasteiger partial charge in [0.05, 0.1) is 16.8 Å². The van der Waals surface area contributed by atoms with Gasteiger partial charge in [0, 0.05) is 6.20 Å². The minimum atomic E-state index is -0.261. The molecule has 1 heterocycles. The highest BCUT2D eigenvalue weighted by molar-refractivity contribution is 6.30. The van der Waals surface area contributed by atoms with Crippen LogP contribution in [0.4, 0.5) is 4.39 Å². The Hall–Kier alpha value is -1.45. The number of nitrogens with two attached hydrogens (primary N) is 1. The van der Waals surface area contributed by atoms with Gasteiger partial charge in [0.1, 0.15) is 5.82 Å². The summed E-state index contributed by atoms with van der Waals surface area (Å²) in [7, 11) is 0. The molecule has 2 aromatic rings. The Morgan fingerprint density at radius 1 is 1.33 bits per heavy atom. The molecule has 2 rings (SSSR count). The molecule has 1 aromatic heterocycles. The Morgan fingerprint density at radius 2 is 2.11 bits per heavy atom. The normalized spacial score (nSPS) is 12.4. The van der Waals surface area contributed by atoms with Gasteiger partial charge < -0.3 is 5.73 Å². The van der Waals surface area contributed by atoms with E-state index in [0.29, 0.717) is 11.4 Å². The molecule has 0 aliphatic heterocycles. The fraction of sp³-hybridized carbons (Fsp3) is 0.214. The number of halogens is 2. The van der Waals surface area contributed by atoms with Crippen LogP contribution >= 0.6 is 11.6 Å². The second kappa shape index (κ2) is 5.46. The van der Waals surface area contributed by atoms with Crippen LogP contribution in [0.2, 0.25) is 5.02 Å². The lowest BCUT2D eigenvalue weighted by molar-refractivity contribution is 0.619. The molecule has 2 nitrogen and oxygen atoms in total. The van der Waals surface area contributed by atoms with Crippen molar-refractivity contribution in [3.63, 3.8) is 0 Å². The SMILES string of the molecule is Cc1ccc(F)cc1CC(N)c1ccc(Cl)cn1. The predicted octanol–water partition coefficient (Wildman–Crippen LogP) is 3.43. The van der Waals surface area contributed by atoms with Gasteiger partial charge in [-0.2, -0.15) is 0 Å². The first-order chi connectivity index (χ1) is 8.56. The number of hydrogen-bond acceptors (Lipinski definition) is 2. The molecule has 0 bridgehead atoms. The number of benzene rings is 1. The molecule has 0 saturated carbocycles. The molecule has 94 valence electrons. The van der Waals surface area contributed by atoms with E-state index in [2.05, 4.69) is 4.98 Å². The van der Waals surface area contributed by atoms with Crippen molar-refractivity contribution < 1.29 is 4.39 Å². The molecule has 2 N–H and O–H groups in total. The van der Waals surface area contributed by atoms with E-state index in [1.165, 1.54) is 12.1 Å². The van der Waals surface area contributed by atoms with Crippen LogP contribution in [-0.2, 0) is 6.42 Å². The van der Waals surface area contributed by atoms with E-state index in [-0.39, 0.29) is 11.9 Å². The summed E-state index contributed by atoms with van der Waals surface area (Å²) >= 11 is 5.77. The minimum absolute atomic E-state index is 0.244. The van der Waals surface area contributed by atoms with Gasteiger partial charge >= 0.3 is 0 Å². The lowest BCUT2D eigenvalue weighted by atomic mass is 9.99. The van der Waals surface area contributed by atoms with Crippen molar-refractivity contribution in [2.75, 3.05) is 0 Å². The molecule has 0 saturated heterocycles. The molecule has 0 radical (unpaired) electrons. The van der Waals surface area contributed by atoms with E-state index in [4.69, 9.17) is 17.3 Å². The first-order valence-electron chi connectivity index (χ1n) is 5.68. The quantitative estimate of drug-likeness (QED) is 0.923. The van der Waals surface area contributed by atoms with Crippen molar-refractivity contribution in [2.45, 2.75) is 19.4 Å². The standard InChI is InChI=1S/C14H14ClFN2/c1-9-2-4-12(16)6-10(9)7-13(17)14-5-3-11(15)8-18-14/h2-6,8,13H,7,17H2,1H3. The van der Waals surface area contributed by atoms with E-state index >= 15 is 0 Å². The van der Waals surface area contributed by atoms with E-state index in [1.807, 2.05) is 6.92 Å². The van der Waals surface area contributed by atoms with E-state index in [0.717, 1.165) is 16.8 Å². The molecule has 1 atom stereocenters. The molecule has 18 heavy (non-hydrogen) atoms. The van der Waals surface area contributed by atoms with Crippen LogP contribution in [0.25, 0.3) is 0 Å². The highest BCUT2D eigenvalue weighted by atomic mass is 35.5. The third kappa shape index (κ3) is 3.06. The fourth-order valence-electron chi connectivity index (χ4n) is 1.81. The lowest BCUT2D eigenvalue weighted by Gasteiger charge is -2.13. The molecule has 0 fully saturated rings. The van der Waals surface area contributed by atoms with Crippen LogP contribution in [0.3, 0.4) is 0 Å². The molecule has 1 unspecified atom stereocenters. The molecule has 0 aliphatic carbocycles. The van der Waals surface area contributed by atoms with Gasteiger partial charge in [-0.15, -0.1) is 0 Å². The Bertz CT molecular complexity index is 540. The monoisotopic (exact) mass is 264 g/mol. The van der Waals surface area contributed by atoms with Crippen LogP contribution in [0.5, 0.6) is 0 Å². The predicted molar refractivity (Wildman–Crippen MR) is 71.0 cm³/mol. The fourth-order valence-corrected chi connectivity index (χ4v) is 1.92. The van der Waals surface area contributed by atoms with Gasteiger partial charge in [0.2, 0.25) is 0 Å². The average Bonchev–Trinajstić information content (AvgIpc) is 2.34. The van der Waals surface area contributed by atoms with Gasteiger partial charge in [-0.1, -0.05) is 17.7 Å². The largest absolute Gasteiger partial charge is 0.322 e. The Morgan fingerprint density at radius 3 is 2.78 bits per heavy atom. The Kier molecular flexibility index (Phi) is 3.94. The summed E-state index contributed by atoms with van der Waals surface area (Å²) in [6.45, 7) is 1.94. The number of aromatic nitrogens is 1. The first-order valence-corrected chi connectivity index (χ1v) is 6.06. The summed E-state index contributed by atoms with van der Waals surface area (Å²) < 4.78 is 13.2. The summed E-state index contributed by atoms with van der Waals surface area (Å²) in [5.74, 6) is -0.244. The Balaban J connectivity index is 2.18. The van der Waals surface area contributed by atoms with Crippen LogP contribution in [0.15, 0.2) is 36.5 Å². The summed E-state index contributed by atoms with van der Waals surface area (Å²) in [6, 6.07) is 8.01. The number of pyridine rings is 1. The Labute approximate surface area is 111 Å². The summed E-state index contributed by atoms with van der Waals surface area (Å²) in [5.41, 5.74) is 8.75. The molecular weight excluding hydrogens is 251 g/mol. The number of aryl methyl sites for hydroxylation is 1. The van der Waals surface area contributed by atoms with Crippen molar-refractivity contribution in [1.29, 1.82) is 0 Å². The molecule has 1 aromatic carbocycles. The zero-order chi connectivity index (χ0) is 13.1. The zero-order valence-corrected chi connectivity index (χ0v) is 10.8. The molecular formula is C14H14ClFN2. The maximum absolute atomic E-state index is 13.2. The van der Waals surface area contributed by atoms with Crippen LogP contribution in [0, 0.1) is 12.7 Å². The van der Waals surface area contributed by atoms with Crippen molar-refractivity contribution in [1.82, 2.24) is 4.98 Å². The average molecular weight is 265 g/mol. The van der Waals surface area contributed by atoms with E-state index < -0.39 is 0 Å². The van der Waals surface area contributed by atoms with Crippen molar-refractivity contribution in [3.8, 4) is 0 Å². The summed E-state index contributed by atoms with van der Waals surface area (Å²) in [6.07, 6.45) is 2.12. The highest BCUT2D eigenvalue weighted by Gasteiger charge is 2.10. The number of rotatable bonds is 3. The van der Waals surface area contributed by atoms with Crippen LogP contribution in [-0.4, -0.2) is 4.98 Å². The van der Waals surface area contributed by atoms with Gasteiger partial charge in [0.25, 0.3) is 0 Å². The van der Waals surface area contributed by atoms with Crippen molar-refractivity contribution in [3.05, 3.63) is 64.2 Å². The first kappa shape index (κ1) is 13.0. The minimum Gasteiger partial charge on any atom is -0.322 e. The molecule has 0 amide bonds. The second-order valence-corrected chi connectivity index (χ2v) is 4.72. The molecule has 0 aliphatic rings. The number of hydrogen-bond donors (Lipinski definition) is 1. The summed E-state index contributed by atoms with van der Waals surface area (Å²) in [4.78, 5) is 4.18. The maximum Gasteiger partial charge on any atom is 0.123 e. The van der Waals surface area contributed by atoms with Crippen molar-refractivity contribution in [2.24, 2.45) is 5.73 Å². The van der Waals surface area contributed by atoms with Gasteiger partial charge in [-0.05, 0) is 48.7 Å². The van der Waals surface area contributed by atoms with Gasteiger partial charge in [0.15, 0.2) is 0 Å². The molecule has 0 spiro atoms. The van der Waals surface area contributed by atoms with Gasteiger partial charge in [-0.3, -0.25) is 4.98 Å².